The maximum absolute atomic E-state index is 5.13. The second-order valence-electron chi connectivity index (χ2n) is 14.1. The van der Waals surface area contributed by atoms with Crippen LogP contribution in [0.1, 0.15) is 43.5 Å². The normalized spacial score (nSPS) is 14.1. The van der Waals surface area contributed by atoms with E-state index in [1.807, 2.05) is 18.2 Å². The van der Waals surface area contributed by atoms with Gasteiger partial charge in [0, 0.05) is 16.5 Å². The van der Waals surface area contributed by atoms with E-state index in [4.69, 9.17) is 9.97 Å². The van der Waals surface area contributed by atoms with Crippen molar-refractivity contribution in [1.82, 2.24) is 9.97 Å². The Balaban J connectivity index is 1.16. The quantitative estimate of drug-likeness (QED) is 0.178. The number of nitrogens with zero attached hydrogens (tertiary/aromatic N) is 2. The lowest BCUT2D eigenvalue weighted by atomic mass is 9.82. The lowest BCUT2D eigenvalue weighted by Gasteiger charge is -2.21. The lowest BCUT2D eigenvalue weighted by molar-refractivity contribution is 0.660. The summed E-state index contributed by atoms with van der Waals surface area (Å²) in [6, 6.07) is 54.8. The second-order valence-corrected chi connectivity index (χ2v) is 14.1. The van der Waals surface area contributed by atoms with Crippen molar-refractivity contribution >= 4 is 5.57 Å². The largest absolute Gasteiger partial charge is 0.228 e. The molecule has 6 aromatic carbocycles. The number of aromatic nitrogens is 2. The SMILES string of the molecule is CC1(C)c2ccccc2-c2cc(-c3ccc(-c4cccc(-c5cc(C6=CCCC=C6)nc(-c6ccccc6)n5)c4)c(-c4ccccc4)c3)ccc21. The maximum Gasteiger partial charge on any atom is 0.160 e. The van der Waals surface area contributed by atoms with Crippen molar-refractivity contribution in [1.29, 1.82) is 0 Å². The van der Waals surface area contributed by atoms with E-state index in [1.165, 1.54) is 50.1 Å². The van der Waals surface area contributed by atoms with Crippen LogP contribution in [0, 0.1) is 0 Å². The van der Waals surface area contributed by atoms with Gasteiger partial charge < -0.3 is 0 Å². The number of fused-ring (bicyclic) bond motifs is 3. The zero-order valence-electron chi connectivity index (χ0n) is 29.0. The highest BCUT2D eigenvalue weighted by molar-refractivity contribution is 5.90. The first-order valence-electron chi connectivity index (χ1n) is 17.9. The summed E-state index contributed by atoms with van der Waals surface area (Å²) in [4.78, 5) is 10.2. The molecule has 0 bridgehead atoms. The molecule has 0 spiro atoms. The topological polar surface area (TPSA) is 25.8 Å². The molecule has 0 N–H and O–H groups in total. The van der Waals surface area contributed by atoms with Gasteiger partial charge >= 0.3 is 0 Å². The third-order valence-corrected chi connectivity index (χ3v) is 10.5. The predicted octanol–water partition coefficient (Wildman–Crippen LogP) is 12.9. The van der Waals surface area contributed by atoms with Gasteiger partial charge in [-0.3, -0.25) is 0 Å². The first kappa shape index (κ1) is 30.9. The Hall–Kier alpha value is -6.12. The third-order valence-electron chi connectivity index (χ3n) is 10.5. The van der Waals surface area contributed by atoms with Gasteiger partial charge in [0.25, 0.3) is 0 Å². The highest BCUT2D eigenvalue weighted by Crippen LogP contribution is 2.50. The number of hydrogen-bond donors (Lipinski definition) is 0. The molecule has 2 heteroatoms. The number of allylic oxidation sites excluding steroid dienone is 4. The standard InChI is InChI=1S/C49H38N2/c1-49(2)44-24-13-12-23-41(44)43-31-37(26-28-45(43)49)36-25-27-40(42(30-36)33-15-6-3-7-16-33)38-21-14-22-39(29-38)47-32-46(34-17-8-4-9-18-34)50-48(51-47)35-19-10-5-11-20-35/h3,5-8,10-32H,4,9H2,1-2H3. The summed E-state index contributed by atoms with van der Waals surface area (Å²) >= 11 is 0. The summed E-state index contributed by atoms with van der Waals surface area (Å²) in [5, 5.41) is 0. The smallest absolute Gasteiger partial charge is 0.160 e. The van der Waals surface area contributed by atoms with Gasteiger partial charge in [0.05, 0.1) is 11.4 Å². The van der Waals surface area contributed by atoms with Gasteiger partial charge in [-0.2, -0.15) is 0 Å². The molecule has 9 rings (SSSR count). The third kappa shape index (κ3) is 5.63. The van der Waals surface area contributed by atoms with Gasteiger partial charge in [-0.05, 0) is 98.3 Å². The summed E-state index contributed by atoms with van der Waals surface area (Å²) in [5.74, 6) is 0.739. The van der Waals surface area contributed by atoms with Crippen LogP contribution in [-0.4, -0.2) is 9.97 Å². The second kappa shape index (κ2) is 12.6. The van der Waals surface area contributed by atoms with Crippen LogP contribution in [0.4, 0.5) is 0 Å². The fourth-order valence-electron chi connectivity index (χ4n) is 7.84. The Bertz CT molecular complexity index is 2490. The molecule has 0 unspecified atom stereocenters. The highest BCUT2D eigenvalue weighted by atomic mass is 14.9. The van der Waals surface area contributed by atoms with Crippen LogP contribution < -0.4 is 0 Å². The van der Waals surface area contributed by atoms with Gasteiger partial charge in [-0.15, -0.1) is 0 Å². The summed E-state index contributed by atoms with van der Waals surface area (Å²) < 4.78 is 0. The minimum atomic E-state index is -0.00905. The number of benzene rings is 6. The molecule has 2 aliphatic rings. The van der Waals surface area contributed by atoms with Crippen LogP contribution >= 0.6 is 0 Å². The molecule has 2 aliphatic carbocycles. The molecule has 1 heterocycles. The molecule has 0 saturated carbocycles. The summed E-state index contributed by atoms with van der Waals surface area (Å²) in [6.07, 6.45) is 8.80. The van der Waals surface area contributed by atoms with Crippen molar-refractivity contribution in [3.63, 3.8) is 0 Å². The van der Waals surface area contributed by atoms with Gasteiger partial charge in [0.1, 0.15) is 0 Å². The van der Waals surface area contributed by atoms with Crippen LogP contribution in [0.25, 0.3) is 72.7 Å². The van der Waals surface area contributed by atoms with E-state index in [-0.39, 0.29) is 5.41 Å². The van der Waals surface area contributed by atoms with E-state index in [0.29, 0.717) is 0 Å². The van der Waals surface area contributed by atoms with E-state index in [9.17, 15) is 0 Å². The Morgan fingerprint density at radius 1 is 0.431 bits per heavy atom. The number of rotatable bonds is 6. The molecule has 2 nitrogen and oxygen atoms in total. The van der Waals surface area contributed by atoms with Crippen molar-refractivity contribution in [3.05, 3.63) is 187 Å². The molecule has 51 heavy (non-hydrogen) atoms. The van der Waals surface area contributed by atoms with Crippen LogP contribution in [0.5, 0.6) is 0 Å². The summed E-state index contributed by atoms with van der Waals surface area (Å²) in [7, 11) is 0. The Morgan fingerprint density at radius 3 is 1.86 bits per heavy atom. The first-order valence-corrected chi connectivity index (χ1v) is 17.9. The van der Waals surface area contributed by atoms with Crippen molar-refractivity contribution in [2.75, 3.05) is 0 Å². The average molecular weight is 655 g/mol. The highest BCUT2D eigenvalue weighted by Gasteiger charge is 2.35. The van der Waals surface area contributed by atoms with Gasteiger partial charge in [0.15, 0.2) is 5.82 Å². The van der Waals surface area contributed by atoms with Crippen LogP contribution in [-0.2, 0) is 5.41 Å². The fraction of sp³-hybridized carbons (Fsp3) is 0.102. The Morgan fingerprint density at radius 2 is 1.08 bits per heavy atom. The van der Waals surface area contributed by atoms with Crippen molar-refractivity contribution in [2.24, 2.45) is 0 Å². The van der Waals surface area contributed by atoms with Crippen molar-refractivity contribution < 1.29 is 0 Å². The lowest BCUT2D eigenvalue weighted by Crippen LogP contribution is -2.14. The molecule has 0 fully saturated rings. The minimum Gasteiger partial charge on any atom is -0.228 e. The zero-order valence-corrected chi connectivity index (χ0v) is 29.0. The monoisotopic (exact) mass is 654 g/mol. The maximum atomic E-state index is 5.13. The van der Waals surface area contributed by atoms with E-state index >= 15 is 0 Å². The molecule has 7 aromatic rings. The Labute approximate surface area is 300 Å². The number of hydrogen-bond acceptors (Lipinski definition) is 2. The van der Waals surface area contributed by atoms with Crippen LogP contribution in [0.2, 0.25) is 0 Å². The minimum absolute atomic E-state index is 0.00905. The van der Waals surface area contributed by atoms with E-state index in [1.54, 1.807) is 0 Å². The fourth-order valence-corrected chi connectivity index (χ4v) is 7.84. The van der Waals surface area contributed by atoms with Crippen molar-refractivity contribution in [3.8, 4) is 67.2 Å². The van der Waals surface area contributed by atoms with Gasteiger partial charge in [-0.25, -0.2) is 9.97 Å². The first-order chi connectivity index (χ1) is 25.0. The van der Waals surface area contributed by atoms with E-state index in [2.05, 4.69) is 166 Å². The predicted molar refractivity (Wildman–Crippen MR) is 213 cm³/mol. The summed E-state index contributed by atoms with van der Waals surface area (Å²) in [5.41, 5.74) is 17.7. The Kier molecular flexibility index (Phi) is 7.66. The molecule has 0 radical (unpaired) electrons. The van der Waals surface area contributed by atoms with Gasteiger partial charge in [0.2, 0.25) is 0 Å². The molecule has 0 atom stereocenters. The molecule has 0 amide bonds. The van der Waals surface area contributed by atoms with Gasteiger partial charge in [-0.1, -0.05) is 159 Å². The van der Waals surface area contributed by atoms with E-state index in [0.717, 1.165) is 52.3 Å². The van der Waals surface area contributed by atoms with E-state index < -0.39 is 0 Å². The van der Waals surface area contributed by atoms with Crippen LogP contribution in [0.3, 0.4) is 0 Å². The molecule has 0 aliphatic heterocycles. The molecule has 1 aromatic heterocycles. The van der Waals surface area contributed by atoms with Crippen LogP contribution in [0.15, 0.2) is 170 Å². The molecular weight excluding hydrogens is 617 g/mol. The summed E-state index contributed by atoms with van der Waals surface area (Å²) in [6.45, 7) is 4.67. The molecular formula is C49H38N2. The molecule has 0 saturated heterocycles. The zero-order chi connectivity index (χ0) is 34.4. The molecule has 244 valence electrons. The van der Waals surface area contributed by atoms with Crippen molar-refractivity contribution in [2.45, 2.75) is 32.1 Å². The average Bonchev–Trinajstić information content (AvgIpc) is 3.44.